The topological polar surface area (TPSA) is 41.1 Å². The second kappa shape index (κ2) is 7.55. The third-order valence-electron chi connectivity index (χ3n) is 3.52. The van der Waals surface area contributed by atoms with Crippen molar-refractivity contribution >= 4 is 18.3 Å². The maximum Gasteiger partial charge on any atom is 0.219 e. The van der Waals surface area contributed by atoms with Crippen LogP contribution in [0.4, 0.5) is 8.78 Å². The molecule has 1 aromatic rings. The second-order valence-corrected chi connectivity index (χ2v) is 4.80. The van der Waals surface area contributed by atoms with Gasteiger partial charge in [-0.1, -0.05) is 13.0 Å². The minimum absolute atomic E-state index is 0. The average molecular weight is 305 g/mol. The maximum absolute atomic E-state index is 13.3. The molecule has 1 aliphatic rings. The van der Waals surface area contributed by atoms with Gasteiger partial charge in [0.2, 0.25) is 5.91 Å². The third kappa shape index (κ3) is 3.90. The molecule has 2 unspecified atom stereocenters. The van der Waals surface area contributed by atoms with Crippen LogP contribution in [0.5, 0.6) is 0 Å². The first-order chi connectivity index (χ1) is 9.11. The second-order valence-electron chi connectivity index (χ2n) is 4.80. The first-order valence-corrected chi connectivity index (χ1v) is 6.57. The number of carbonyl (C=O) groups excluding carboxylic acids is 1. The molecule has 0 saturated carbocycles. The SMILES string of the molecule is CCC(=O)NC1CNCCC1c1ccc(F)c(F)c1.Cl. The minimum Gasteiger partial charge on any atom is -0.351 e. The molecule has 6 heteroatoms. The molecule has 1 aromatic carbocycles. The van der Waals surface area contributed by atoms with Crippen molar-refractivity contribution in [2.24, 2.45) is 0 Å². The lowest BCUT2D eigenvalue weighted by molar-refractivity contribution is -0.121. The van der Waals surface area contributed by atoms with E-state index in [2.05, 4.69) is 10.6 Å². The average Bonchev–Trinajstić information content (AvgIpc) is 2.42. The van der Waals surface area contributed by atoms with Crippen molar-refractivity contribution in [1.82, 2.24) is 10.6 Å². The first-order valence-electron chi connectivity index (χ1n) is 6.57. The van der Waals surface area contributed by atoms with Crippen LogP contribution >= 0.6 is 12.4 Å². The fraction of sp³-hybridized carbons (Fsp3) is 0.500. The molecule has 3 nitrogen and oxygen atoms in total. The van der Waals surface area contributed by atoms with Gasteiger partial charge in [-0.2, -0.15) is 0 Å². The molecular weight excluding hydrogens is 286 g/mol. The van der Waals surface area contributed by atoms with Crippen molar-refractivity contribution in [3.8, 4) is 0 Å². The van der Waals surface area contributed by atoms with E-state index in [-0.39, 0.29) is 30.3 Å². The van der Waals surface area contributed by atoms with E-state index in [1.54, 1.807) is 13.0 Å². The van der Waals surface area contributed by atoms with Crippen molar-refractivity contribution in [2.45, 2.75) is 31.7 Å². The molecule has 112 valence electrons. The van der Waals surface area contributed by atoms with E-state index in [9.17, 15) is 13.6 Å². The van der Waals surface area contributed by atoms with Crippen LogP contribution in [0.25, 0.3) is 0 Å². The van der Waals surface area contributed by atoms with E-state index in [1.165, 1.54) is 6.07 Å². The Morgan fingerprint density at radius 3 is 2.80 bits per heavy atom. The summed E-state index contributed by atoms with van der Waals surface area (Å²) in [6.45, 7) is 3.25. The molecule has 1 fully saturated rings. The van der Waals surface area contributed by atoms with E-state index >= 15 is 0 Å². The molecule has 2 N–H and O–H groups in total. The van der Waals surface area contributed by atoms with E-state index in [1.807, 2.05) is 0 Å². The van der Waals surface area contributed by atoms with Crippen LogP contribution in [-0.2, 0) is 4.79 Å². The molecule has 1 amide bonds. The van der Waals surface area contributed by atoms with Gasteiger partial charge in [0.25, 0.3) is 0 Å². The van der Waals surface area contributed by atoms with Gasteiger partial charge >= 0.3 is 0 Å². The summed E-state index contributed by atoms with van der Waals surface area (Å²) < 4.78 is 26.3. The Balaban J connectivity index is 0.00000200. The Hall–Kier alpha value is -1.20. The lowest BCUT2D eigenvalue weighted by Gasteiger charge is -2.33. The summed E-state index contributed by atoms with van der Waals surface area (Å²) in [4.78, 5) is 11.5. The summed E-state index contributed by atoms with van der Waals surface area (Å²) in [5.74, 6) is -1.68. The van der Waals surface area contributed by atoms with Gasteiger partial charge in [-0.25, -0.2) is 8.78 Å². The highest BCUT2D eigenvalue weighted by Crippen LogP contribution is 2.27. The van der Waals surface area contributed by atoms with Crippen LogP contribution in [0, 0.1) is 11.6 Å². The Kier molecular flexibility index (Phi) is 6.36. The Bertz CT molecular complexity index is 470. The molecular formula is C14H19ClF2N2O. The van der Waals surface area contributed by atoms with E-state index in [4.69, 9.17) is 0 Å². The molecule has 20 heavy (non-hydrogen) atoms. The summed E-state index contributed by atoms with van der Waals surface area (Å²) in [5, 5.41) is 6.14. The number of halogens is 3. The number of hydrogen-bond donors (Lipinski definition) is 2. The smallest absolute Gasteiger partial charge is 0.219 e. The van der Waals surface area contributed by atoms with E-state index in [0.717, 1.165) is 24.6 Å². The molecule has 1 saturated heterocycles. The molecule has 2 atom stereocenters. The van der Waals surface area contributed by atoms with Gasteiger partial charge in [-0.15, -0.1) is 12.4 Å². The molecule has 0 spiro atoms. The van der Waals surface area contributed by atoms with Gasteiger partial charge < -0.3 is 10.6 Å². The number of rotatable bonds is 3. The van der Waals surface area contributed by atoms with Crippen molar-refractivity contribution in [1.29, 1.82) is 0 Å². The van der Waals surface area contributed by atoms with Crippen LogP contribution in [0.3, 0.4) is 0 Å². The van der Waals surface area contributed by atoms with E-state index < -0.39 is 11.6 Å². The standard InChI is InChI=1S/C14H18F2N2O.ClH/c1-2-14(19)18-13-8-17-6-5-10(13)9-3-4-11(15)12(16)7-9;/h3-4,7,10,13,17H,2,5-6,8H2,1H3,(H,18,19);1H. The Morgan fingerprint density at radius 2 is 2.15 bits per heavy atom. The normalized spacial score (nSPS) is 21.9. The zero-order valence-electron chi connectivity index (χ0n) is 11.3. The first kappa shape index (κ1) is 16.9. The highest BCUT2D eigenvalue weighted by atomic mass is 35.5. The van der Waals surface area contributed by atoms with Gasteiger partial charge in [0, 0.05) is 24.9 Å². The van der Waals surface area contributed by atoms with Gasteiger partial charge in [-0.05, 0) is 30.7 Å². The van der Waals surface area contributed by atoms with Crippen LogP contribution in [0.2, 0.25) is 0 Å². The number of carbonyl (C=O) groups is 1. The van der Waals surface area contributed by atoms with Crippen molar-refractivity contribution in [2.75, 3.05) is 13.1 Å². The Morgan fingerprint density at radius 1 is 1.40 bits per heavy atom. The molecule has 0 bridgehead atoms. The highest BCUT2D eigenvalue weighted by Gasteiger charge is 2.27. The molecule has 0 aromatic heterocycles. The number of hydrogen-bond acceptors (Lipinski definition) is 2. The lowest BCUT2D eigenvalue weighted by Crippen LogP contribution is -2.49. The van der Waals surface area contributed by atoms with E-state index in [0.29, 0.717) is 13.0 Å². The van der Waals surface area contributed by atoms with Gasteiger partial charge in [0.15, 0.2) is 11.6 Å². The van der Waals surface area contributed by atoms with Crippen LogP contribution < -0.4 is 10.6 Å². The fourth-order valence-electron chi connectivity index (χ4n) is 2.46. The molecule has 0 aliphatic carbocycles. The molecule has 0 radical (unpaired) electrons. The number of amides is 1. The predicted molar refractivity (Wildman–Crippen MR) is 76.1 cm³/mol. The third-order valence-corrected chi connectivity index (χ3v) is 3.52. The van der Waals surface area contributed by atoms with Crippen molar-refractivity contribution < 1.29 is 13.6 Å². The fourth-order valence-corrected chi connectivity index (χ4v) is 2.46. The van der Waals surface area contributed by atoms with Gasteiger partial charge in [-0.3, -0.25) is 4.79 Å². The van der Waals surface area contributed by atoms with Gasteiger partial charge in [0.05, 0.1) is 0 Å². The highest BCUT2D eigenvalue weighted by molar-refractivity contribution is 5.85. The monoisotopic (exact) mass is 304 g/mol. The molecule has 1 heterocycles. The van der Waals surface area contributed by atoms with Gasteiger partial charge in [0.1, 0.15) is 0 Å². The summed E-state index contributed by atoms with van der Waals surface area (Å²) >= 11 is 0. The van der Waals surface area contributed by atoms with Crippen LogP contribution in [0.1, 0.15) is 31.2 Å². The zero-order valence-corrected chi connectivity index (χ0v) is 12.1. The summed E-state index contributed by atoms with van der Waals surface area (Å²) in [7, 11) is 0. The summed E-state index contributed by atoms with van der Waals surface area (Å²) in [6.07, 6.45) is 1.21. The molecule has 2 rings (SSSR count). The molecule has 1 aliphatic heterocycles. The minimum atomic E-state index is -0.841. The van der Waals surface area contributed by atoms with Crippen molar-refractivity contribution in [3.63, 3.8) is 0 Å². The van der Waals surface area contributed by atoms with Crippen molar-refractivity contribution in [3.05, 3.63) is 35.4 Å². The quantitative estimate of drug-likeness (QED) is 0.900. The maximum atomic E-state index is 13.3. The Labute approximate surface area is 123 Å². The lowest BCUT2D eigenvalue weighted by atomic mass is 9.86. The summed E-state index contributed by atoms with van der Waals surface area (Å²) in [6, 6.07) is 3.90. The number of piperidine rings is 1. The zero-order chi connectivity index (χ0) is 13.8. The van der Waals surface area contributed by atoms with Crippen LogP contribution in [-0.4, -0.2) is 25.0 Å². The van der Waals surface area contributed by atoms with Crippen LogP contribution in [0.15, 0.2) is 18.2 Å². The number of nitrogens with one attached hydrogen (secondary N) is 2. The largest absolute Gasteiger partial charge is 0.351 e. The number of benzene rings is 1. The predicted octanol–water partition coefficient (Wildman–Crippen LogP) is 2.36. The summed E-state index contributed by atoms with van der Waals surface area (Å²) in [5.41, 5.74) is 0.738.